The minimum Gasteiger partial charge on any atom is -0.494 e. The maximum absolute atomic E-state index is 10.6. The number of rotatable bonds is 25. The van der Waals surface area contributed by atoms with Crippen molar-refractivity contribution in [3.8, 4) is 61.8 Å². The van der Waals surface area contributed by atoms with Crippen molar-refractivity contribution in [1.29, 1.82) is 0 Å². The second-order valence-corrected chi connectivity index (χ2v) is 27.4. The lowest BCUT2D eigenvalue weighted by Crippen LogP contribution is -2.57. The van der Waals surface area contributed by atoms with Gasteiger partial charge < -0.3 is 99.7 Å². The number of fused-ring (bicyclic) bond motifs is 8. The van der Waals surface area contributed by atoms with Gasteiger partial charge in [-0.05, 0) is 144 Å². The summed E-state index contributed by atoms with van der Waals surface area (Å²) in [6, 6.07) is 41.7. The SMILES string of the molecule is OC[C@H]1O[C@@H](SCCCOc2ccc(-c3c4nc(c(-c5ccc(OCCCS[C@@H]6O[C@H](CO)[C@@H](O)[C@H](O)[C@H]6O)cc5)c5ccc([nH]5)c(-c5ccc(OCCCS[C@@H]6O[C@H](CO)[C@@H](O)[C@H](O)[C@H]6O)cc5)c5nc(c(-c6ccccc6)c6ccc3[nH]6)C=C5)C=C4)cc2)[C@H](O)[C@@H](O)[C@@H]1O. The van der Waals surface area contributed by atoms with Crippen molar-refractivity contribution in [1.82, 2.24) is 19.9 Å². The maximum atomic E-state index is 10.6. The second kappa shape index (κ2) is 31.9. The average Bonchev–Trinajstić information content (AvgIpc) is 1.63. The third-order valence-corrected chi connectivity index (χ3v) is 21.0. The van der Waals surface area contributed by atoms with Crippen molar-refractivity contribution < 1.29 is 89.7 Å². The maximum Gasteiger partial charge on any atom is 0.132 e. The van der Waals surface area contributed by atoms with E-state index in [0.29, 0.717) is 90.7 Å². The van der Waals surface area contributed by atoms with E-state index in [9.17, 15) is 61.3 Å². The number of nitrogens with zero attached hydrogens (tertiary/aromatic N) is 2. The zero-order chi connectivity index (χ0) is 67.0. The zero-order valence-corrected chi connectivity index (χ0v) is 54.5. The van der Waals surface area contributed by atoms with Crippen LogP contribution in [0.2, 0.25) is 0 Å². The lowest BCUT2D eigenvalue weighted by molar-refractivity contribution is -0.205. The number of thioether (sulfide) groups is 3. The molecule has 12 rings (SSSR count). The number of benzene rings is 4. The fraction of sp³-hybridized carbons (Fsp3) is 0.380. The van der Waals surface area contributed by atoms with Crippen LogP contribution in [-0.4, -0.2) is 228 Å². The van der Waals surface area contributed by atoms with Gasteiger partial charge in [0.15, 0.2) is 0 Å². The standard InChI is InChI=1S/C71H78N4O18S3/c76-35-53-60(79)63(82)66(85)69(91-53)94-32-4-29-88-42-15-9-39(10-16-42)57-47-23-21-45(72-47)56(38-7-2-1-3-8-38)46-22-24-48(73-46)58(40-11-17-43(18-12-40)89-30-5-33-95-70-67(86)64(83)61(80)54(36-77)92-70)50-26-28-52(75-50)59(51-27-25-49(57)74-51)41-13-19-44(20-14-41)90-31-6-34-96-71-68(87)65(84)62(81)55(37-78)93-71/h1-3,7-28,53-55,60-72,75-87H,4-6,29-37H2/t53-,54-,55-,60-,61-,62-,63+,64+,65+,66-,67-,68-,69+,70+,71+/m1/s1. The largest absolute Gasteiger partial charge is 0.494 e. The lowest BCUT2D eigenvalue weighted by atomic mass is 10.0. The van der Waals surface area contributed by atoms with Crippen molar-refractivity contribution in [2.45, 2.75) is 109 Å². The third kappa shape index (κ3) is 15.4. The molecule has 8 bridgehead atoms. The molecule has 0 spiro atoms. The first-order chi connectivity index (χ1) is 46.7. The molecule has 3 aromatic heterocycles. The number of aliphatic hydroxyl groups is 12. The van der Waals surface area contributed by atoms with Crippen LogP contribution >= 0.6 is 35.3 Å². The minimum atomic E-state index is -1.45. The third-order valence-electron chi connectivity index (χ3n) is 17.3. The van der Waals surface area contributed by atoms with Crippen LogP contribution in [0.15, 0.2) is 127 Å². The molecule has 25 heteroatoms. The number of aromatic nitrogens is 4. The van der Waals surface area contributed by atoms with Crippen LogP contribution in [0.5, 0.6) is 17.2 Å². The summed E-state index contributed by atoms with van der Waals surface area (Å²) in [5.74, 6) is 3.40. The molecule has 7 aromatic rings. The van der Waals surface area contributed by atoms with Crippen LogP contribution in [-0.2, 0) is 14.2 Å². The van der Waals surface area contributed by atoms with Gasteiger partial charge in [0, 0.05) is 44.3 Å². The molecule has 22 nitrogen and oxygen atoms in total. The number of hydrogen-bond donors (Lipinski definition) is 14. The number of aromatic amines is 2. The predicted molar refractivity (Wildman–Crippen MR) is 370 cm³/mol. The molecule has 0 radical (unpaired) electrons. The van der Waals surface area contributed by atoms with Crippen molar-refractivity contribution >= 4 is 81.7 Å². The first-order valence-corrected chi connectivity index (χ1v) is 35.0. The predicted octanol–water partition coefficient (Wildman–Crippen LogP) is 6.23. The van der Waals surface area contributed by atoms with Crippen LogP contribution < -0.4 is 14.2 Å². The summed E-state index contributed by atoms with van der Waals surface area (Å²) < 4.78 is 35.7. The van der Waals surface area contributed by atoms with Crippen LogP contribution in [0, 0.1) is 0 Å². The van der Waals surface area contributed by atoms with E-state index in [1.807, 2.05) is 127 Å². The highest BCUT2D eigenvalue weighted by atomic mass is 32.2. The van der Waals surface area contributed by atoms with Crippen molar-refractivity contribution in [3.63, 3.8) is 0 Å². The summed E-state index contributed by atoms with van der Waals surface area (Å²) in [5.41, 5.74) is 10.2. The molecule has 0 aliphatic carbocycles. The van der Waals surface area contributed by atoms with Gasteiger partial charge in [-0.1, -0.05) is 66.7 Å². The first-order valence-electron chi connectivity index (χ1n) is 31.9. The molecule has 8 heterocycles. The van der Waals surface area contributed by atoms with Crippen LogP contribution in [0.25, 0.3) is 90.9 Å². The molecule has 5 aliphatic rings. The van der Waals surface area contributed by atoms with E-state index in [0.717, 1.165) is 72.3 Å². The van der Waals surface area contributed by atoms with E-state index in [4.69, 9.17) is 38.4 Å². The molecule has 3 fully saturated rings. The van der Waals surface area contributed by atoms with Gasteiger partial charge in [0.2, 0.25) is 0 Å². The normalized spacial score (nSPS) is 26.4. The zero-order valence-electron chi connectivity index (χ0n) is 52.0. The fourth-order valence-electron chi connectivity index (χ4n) is 12.1. The molecule has 14 N–H and O–H groups in total. The van der Waals surface area contributed by atoms with Gasteiger partial charge in [0.05, 0.1) is 62.4 Å². The summed E-state index contributed by atoms with van der Waals surface area (Å²) in [6.07, 6.45) is -5.75. The van der Waals surface area contributed by atoms with Crippen LogP contribution in [0.3, 0.4) is 0 Å². The van der Waals surface area contributed by atoms with E-state index in [1.165, 1.54) is 35.3 Å². The Bertz CT molecular complexity index is 3880. The molecule has 0 saturated carbocycles. The molecular formula is C71H78N4O18S3. The Morgan fingerprint density at radius 1 is 0.333 bits per heavy atom. The molecule has 4 aromatic carbocycles. The molecule has 5 aliphatic heterocycles. The van der Waals surface area contributed by atoms with E-state index in [-0.39, 0.29) is 0 Å². The topological polar surface area (TPSA) is 356 Å². The number of ether oxygens (including phenoxy) is 6. The molecular weight excluding hydrogens is 1290 g/mol. The Hall–Kier alpha value is -6.67. The highest BCUT2D eigenvalue weighted by molar-refractivity contribution is 8.00. The summed E-state index contributed by atoms with van der Waals surface area (Å²) in [6.45, 7) is -0.481. The van der Waals surface area contributed by atoms with Gasteiger partial charge in [0.1, 0.15) is 107 Å². The van der Waals surface area contributed by atoms with Gasteiger partial charge in [-0.3, -0.25) is 0 Å². The highest BCUT2D eigenvalue weighted by Gasteiger charge is 2.46. The van der Waals surface area contributed by atoms with Crippen LogP contribution in [0.1, 0.15) is 42.0 Å². The molecule has 508 valence electrons. The summed E-state index contributed by atoms with van der Waals surface area (Å²) in [5, 5.41) is 122. The number of H-pyrrole nitrogens is 2. The van der Waals surface area contributed by atoms with E-state index in [1.54, 1.807) is 0 Å². The quantitative estimate of drug-likeness (QED) is 0.0282. The highest BCUT2D eigenvalue weighted by Crippen LogP contribution is 2.41. The Morgan fingerprint density at radius 2 is 0.604 bits per heavy atom. The molecule has 96 heavy (non-hydrogen) atoms. The average molecular weight is 1370 g/mol. The monoisotopic (exact) mass is 1370 g/mol. The Morgan fingerprint density at radius 3 is 0.875 bits per heavy atom. The summed E-state index contributed by atoms with van der Waals surface area (Å²) in [4.78, 5) is 18.5. The number of aliphatic hydroxyl groups excluding tert-OH is 12. The minimum absolute atomic E-state index is 0.329. The summed E-state index contributed by atoms with van der Waals surface area (Å²) in [7, 11) is 0. The van der Waals surface area contributed by atoms with Crippen molar-refractivity contribution in [2.75, 3.05) is 56.9 Å². The van der Waals surface area contributed by atoms with Crippen molar-refractivity contribution in [3.05, 3.63) is 150 Å². The van der Waals surface area contributed by atoms with Crippen LogP contribution in [0.4, 0.5) is 0 Å². The fourth-order valence-corrected chi connectivity index (χ4v) is 15.4. The second-order valence-electron chi connectivity index (χ2n) is 23.8. The van der Waals surface area contributed by atoms with E-state index >= 15 is 0 Å². The number of nitrogens with one attached hydrogen (secondary N) is 2. The Balaban J connectivity index is 0.872. The van der Waals surface area contributed by atoms with E-state index < -0.39 is 109 Å². The molecule has 15 atom stereocenters. The lowest BCUT2D eigenvalue weighted by Gasteiger charge is -2.39. The first kappa shape index (κ1) is 69.2. The number of hydrogen-bond acceptors (Lipinski definition) is 23. The van der Waals surface area contributed by atoms with Gasteiger partial charge in [0.25, 0.3) is 0 Å². The van der Waals surface area contributed by atoms with Crippen molar-refractivity contribution in [2.24, 2.45) is 0 Å². The van der Waals surface area contributed by atoms with Gasteiger partial charge >= 0.3 is 0 Å². The van der Waals surface area contributed by atoms with Gasteiger partial charge in [-0.2, -0.15) is 0 Å². The Labute approximate surface area is 565 Å². The summed E-state index contributed by atoms with van der Waals surface area (Å²) >= 11 is 3.82. The van der Waals surface area contributed by atoms with Gasteiger partial charge in [-0.25, -0.2) is 9.97 Å². The molecule has 0 unspecified atom stereocenters. The molecule has 3 saturated heterocycles. The smallest absolute Gasteiger partial charge is 0.132 e. The van der Waals surface area contributed by atoms with E-state index in [2.05, 4.69) is 34.2 Å². The molecule has 0 amide bonds. The van der Waals surface area contributed by atoms with Gasteiger partial charge in [-0.15, -0.1) is 35.3 Å². The Kier molecular flexibility index (Phi) is 23.0.